The zero-order chi connectivity index (χ0) is 22.8. The van der Waals surface area contributed by atoms with Crippen LogP contribution in [-0.2, 0) is 0 Å². The Kier molecular flexibility index (Phi) is 8.10. The van der Waals surface area contributed by atoms with E-state index in [9.17, 15) is 4.79 Å². The smallest absolute Gasteiger partial charge is 0.255 e. The predicted molar refractivity (Wildman–Crippen MR) is 125 cm³/mol. The molecule has 0 unspecified atom stereocenters. The molecule has 0 fully saturated rings. The fourth-order valence-electron chi connectivity index (χ4n) is 2.97. The first-order chi connectivity index (χ1) is 15.6. The molecule has 1 heterocycles. The molecule has 1 N–H and O–H groups in total. The Hall–Kier alpha value is -3.98. The fraction of sp³-hybridized carbons (Fsp3) is 0.231. The highest BCUT2D eigenvalue weighted by molar-refractivity contribution is 6.05. The van der Waals surface area contributed by atoms with E-state index >= 15 is 0 Å². The fourth-order valence-corrected chi connectivity index (χ4v) is 2.97. The van der Waals surface area contributed by atoms with Crippen LogP contribution in [0.2, 0.25) is 0 Å². The molecule has 164 valence electrons. The van der Waals surface area contributed by atoms with Crippen LogP contribution in [0.4, 0.5) is 5.69 Å². The number of pyridine rings is 1. The van der Waals surface area contributed by atoms with Gasteiger partial charge >= 0.3 is 0 Å². The number of nitrogens with zero attached hydrogens (tertiary/aromatic N) is 1. The first kappa shape index (κ1) is 22.7. The van der Waals surface area contributed by atoms with Crippen LogP contribution in [0.5, 0.6) is 17.2 Å². The second-order valence-electron chi connectivity index (χ2n) is 6.60. The lowest BCUT2D eigenvalue weighted by atomic mass is 10.1. The second kappa shape index (κ2) is 11.4. The lowest BCUT2D eigenvalue weighted by molar-refractivity contribution is 0.102. The number of benzene rings is 2. The number of rotatable bonds is 8. The Morgan fingerprint density at radius 1 is 0.875 bits per heavy atom. The second-order valence-corrected chi connectivity index (χ2v) is 6.60. The molecule has 0 saturated carbocycles. The Morgan fingerprint density at radius 3 is 2.22 bits per heavy atom. The van der Waals surface area contributed by atoms with E-state index in [-0.39, 0.29) is 5.91 Å². The van der Waals surface area contributed by atoms with E-state index in [0.717, 1.165) is 5.56 Å². The van der Waals surface area contributed by atoms with Gasteiger partial charge in [-0.05, 0) is 69.2 Å². The molecule has 0 spiro atoms. The number of carbonyl (C=O) groups excluding carboxylic acids is 1. The average Bonchev–Trinajstić information content (AvgIpc) is 2.81. The van der Waals surface area contributed by atoms with Crippen LogP contribution >= 0.6 is 0 Å². The molecule has 6 nitrogen and oxygen atoms in total. The van der Waals surface area contributed by atoms with Crippen molar-refractivity contribution in [3.05, 3.63) is 77.6 Å². The molecule has 3 aromatic rings. The van der Waals surface area contributed by atoms with E-state index in [1.165, 1.54) is 0 Å². The summed E-state index contributed by atoms with van der Waals surface area (Å²) < 4.78 is 17.1. The third kappa shape index (κ3) is 6.02. The highest BCUT2D eigenvalue weighted by Crippen LogP contribution is 2.39. The number of amides is 1. The number of anilines is 1. The van der Waals surface area contributed by atoms with Gasteiger partial charge in [0.25, 0.3) is 5.91 Å². The van der Waals surface area contributed by atoms with Crippen molar-refractivity contribution < 1.29 is 19.0 Å². The van der Waals surface area contributed by atoms with Crippen molar-refractivity contribution in [1.29, 1.82) is 0 Å². The number of hydrogen-bond acceptors (Lipinski definition) is 5. The van der Waals surface area contributed by atoms with Crippen molar-refractivity contribution in [3.8, 4) is 29.1 Å². The van der Waals surface area contributed by atoms with Crippen molar-refractivity contribution in [2.75, 3.05) is 25.1 Å². The summed E-state index contributed by atoms with van der Waals surface area (Å²) in [6, 6.07) is 16.2. The molecule has 1 aromatic heterocycles. The Labute approximate surface area is 188 Å². The molecule has 0 aliphatic heterocycles. The van der Waals surface area contributed by atoms with E-state index in [4.69, 9.17) is 14.2 Å². The summed E-state index contributed by atoms with van der Waals surface area (Å²) in [6.45, 7) is 6.97. The largest absolute Gasteiger partial charge is 0.490 e. The van der Waals surface area contributed by atoms with Crippen molar-refractivity contribution in [2.24, 2.45) is 0 Å². The van der Waals surface area contributed by atoms with Gasteiger partial charge in [-0.3, -0.25) is 4.79 Å². The van der Waals surface area contributed by atoms with Gasteiger partial charge in [-0.2, -0.15) is 0 Å². The highest BCUT2D eigenvalue weighted by Gasteiger charge is 2.18. The molecule has 3 rings (SSSR count). The Morgan fingerprint density at radius 2 is 1.59 bits per heavy atom. The summed E-state index contributed by atoms with van der Waals surface area (Å²) in [7, 11) is 0. The van der Waals surface area contributed by atoms with Gasteiger partial charge in [0.1, 0.15) is 5.69 Å². The SMILES string of the molecule is CCOc1cc(C(=O)Nc2cccc(C#Cc3ccccn3)c2)cc(OCC)c1OCC. The summed E-state index contributed by atoms with van der Waals surface area (Å²) in [4.78, 5) is 17.2. The molecule has 1 amide bonds. The quantitative estimate of drug-likeness (QED) is 0.513. The van der Waals surface area contributed by atoms with Gasteiger partial charge in [0.05, 0.1) is 19.8 Å². The molecular weight excluding hydrogens is 404 g/mol. The zero-order valence-electron chi connectivity index (χ0n) is 18.5. The third-order valence-electron chi connectivity index (χ3n) is 4.29. The van der Waals surface area contributed by atoms with Crippen molar-refractivity contribution in [2.45, 2.75) is 20.8 Å². The number of aromatic nitrogens is 1. The molecule has 0 aliphatic rings. The maximum absolute atomic E-state index is 13.0. The Balaban J connectivity index is 1.84. The molecule has 32 heavy (non-hydrogen) atoms. The van der Waals surface area contributed by atoms with Crippen LogP contribution in [0.15, 0.2) is 60.8 Å². The monoisotopic (exact) mass is 430 g/mol. The molecule has 6 heteroatoms. The summed E-state index contributed by atoms with van der Waals surface area (Å²) in [6.07, 6.45) is 1.70. The molecule has 2 aromatic carbocycles. The third-order valence-corrected chi connectivity index (χ3v) is 4.29. The first-order valence-electron chi connectivity index (χ1n) is 10.6. The van der Waals surface area contributed by atoms with E-state index < -0.39 is 0 Å². The standard InChI is InChI=1S/C26H26N2O4/c1-4-30-23-17-20(18-24(31-5-2)25(23)32-6-3)26(29)28-22-12-9-10-19(16-22)13-14-21-11-7-8-15-27-21/h7-12,15-18H,4-6H2,1-3H3,(H,28,29). The minimum atomic E-state index is -0.287. The van der Waals surface area contributed by atoms with Gasteiger partial charge in [0.2, 0.25) is 5.75 Å². The summed E-state index contributed by atoms with van der Waals surface area (Å²) in [5, 5.41) is 2.91. The number of carbonyl (C=O) groups is 1. The minimum Gasteiger partial charge on any atom is -0.490 e. The number of hydrogen-bond donors (Lipinski definition) is 1. The Bertz CT molecular complexity index is 1090. The average molecular weight is 431 g/mol. The lowest BCUT2D eigenvalue weighted by Crippen LogP contribution is -2.13. The number of ether oxygens (including phenoxy) is 3. The molecule has 0 atom stereocenters. The maximum atomic E-state index is 13.0. The summed E-state index contributed by atoms with van der Waals surface area (Å²) in [5.41, 5.74) is 2.49. The van der Waals surface area contributed by atoms with Gasteiger partial charge in [-0.25, -0.2) is 4.98 Å². The van der Waals surface area contributed by atoms with E-state index in [1.54, 1.807) is 18.3 Å². The minimum absolute atomic E-state index is 0.287. The molecule has 0 saturated heterocycles. The molecule has 0 aliphatic carbocycles. The van der Waals surface area contributed by atoms with Crippen LogP contribution in [0, 0.1) is 11.8 Å². The van der Waals surface area contributed by atoms with Crippen molar-refractivity contribution in [3.63, 3.8) is 0 Å². The first-order valence-corrected chi connectivity index (χ1v) is 10.6. The predicted octanol–water partition coefficient (Wildman–Crippen LogP) is 4.93. The van der Waals surface area contributed by atoms with Gasteiger partial charge in [-0.1, -0.05) is 18.1 Å². The molecule has 0 radical (unpaired) electrons. The van der Waals surface area contributed by atoms with Gasteiger partial charge < -0.3 is 19.5 Å². The van der Waals surface area contributed by atoms with Crippen LogP contribution in [-0.4, -0.2) is 30.7 Å². The van der Waals surface area contributed by atoms with E-state index in [0.29, 0.717) is 54.0 Å². The topological polar surface area (TPSA) is 69.7 Å². The van der Waals surface area contributed by atoms with Crippen LogP contribution in [0.3, 0.4) is 0 Å². The van der Waals surface area contributed by atoms with E-state index in [2.05, 4.69) is 22.1 Å². The molecule has 0 bridgehead atoms. The lowest BCUT2D eigenvalue weighted by Gasteiger charge is -2.17. The maximum Gasteiger partial charge on any atom is 0.255 e. The van der Waals surface area contributed by atoms with Gasteiger partial charge in [0.15, 0.2) is 11.5 Å². The van der Waals surface area contributed by atoms with Crippen LogP contribution in [0.25, 0.3) is 0 Å². The van der Waals surface area contributed by atoms with Gasteiger partial charge in [0, 0.05) is 23.0 Å². The number of nitrogens with one attached hydrogen (secondary N) is 1. The highest BCUT2D eigenvalue weighted by atomic mass is 16.5. The van der Waals surface area contributed by atoms with Crippen LogP contribution in [0.1, 0.15) is 42.4 Å². The summed E-state index contributed by atoms with van der Waals surface area (Å²) >= 11 is 0. The normalized spacial score (nSPS) is 9.97. The summed E-state index contributed by atoms with van der Waals surface area (Å²) in [5.74, 6) is 7.24. The van der Waals surface area contributed by atoms with E-state index in [1.807, 2.05) is 63.2 Å². The van der Waals surface area contributed by atoms with Gasteiger partial charge in [-0.15, -0.1) is 0 Å². The zero-order valence-corrected chi connectivity index (χ0v) is 18.5. The van der Waals surface area contributed by atoms with Crippen LogP contribution < -0.4 is 19.5 Å². The molecular formula is C26H26N2O4. The van der Waals surface area contributed by atoms with Crippen molar-refractivity contribution in [1.82, 2.24) is 4.98 Å². The van der Waals surface area contributed by atoms with Crippen molar-refractivity contribution >= 4 is 11.6 Å².